The van der Waals surface area contributed by atoms with E-state index in [1.165, 1.54) is 6.19 Å². The summed E-state index contributed by atoms with van der Waals surface area (Å²) in [5.41, 5.74) is 2.68. The second-order valence-corrected chi connectivity index (χ2v) is 11.4. The van der Waals surface area contributed by atoms with Crippen molar-refractivity contribution in [3.05, 3.63) is 0 Å². The predicted molar refractivity (Wildman–Crippen MR) is 118 cm³/mol. The Bertz CT molecular complexity index is 603. The number of rotatable bonds is 14. The SMILES string of the molecule is CC(C)(CCC[S+]([O-])CCC[S+]([O-])CCCC(C)(C)C(=O)NC#N)C(=O)O.N#CN. The van der Waals surface area contributed by atoms with E-state index in [2.05, 4.69) is 11.1 Å². The number of carboxylic acids is 1. The van der Waals surface area contributed by atoms with Gasteiger partial charge in [-0.2, -0.15) is 10.5 Å². The lowest BCUT2D eigenvalue weighted by Gasteiger charge is -2.21. The summed E-state index contributed by atoms with van der Waals surface area (Å²) in [5, 5.41) is 26.8. The summed E-state index contributed by atoms with van der Waals surface area (Å²) in [5.74, 6) is 0.690. The van der Waals surface area contributed by atoms with E-state index in [4.69, 9.17) is 15.6 Å². The molecule has 0 heterocycles. The molecule has 0 rings (SSSR count). The molecule has 2 unspecified atom stereocenters. The molecule has 4 N–H and O–H groups in total. The quantitative estimate of drug-likeness (QED) is 0.197. The lowest BCUT2D eigenvalue weighted by Crippen LogP contribution is -2.34. The lowest BCUT2D eigenvalue weighted by molar-refractivity contribution is -0.147. The molecule has 9 nitrogen and oxygen atoms in total. The monoisotopic (exact) mass is 462 g/mol. The molecule has 1 amide bonds. The Hall–Kier alpha value is -1.66. The van der Waals surface area contributed by atoms with Gasteiger partial charge in [-0.05, 0) is 39.5 Å². The maximum absolute atomic E-state index is 12.0. The lowest BCUT2D eigenvalue weighted by atomic mass is 9.87. The Morgan fingerprint density at radius 1 is 0.933 bits per heavy atom. The number of aliphatic carboxylic acids is 1. The largest absolute Gasteiger partial charge is 0.616 e. The van der Waals surface area contributed by atoms with Crippen LogP contribution in [0.15, 0.2) is 0 Å². The second kappa shape index (κ2) is 16.1. The molecule has 0 aromatic rings. The maximum atomic E-state index is 12.0. The Morgan fingerprint density at radius 3 is 1.67 bits per heavy atom. The van der Waals surface area contributed by atoms with E-state index in [0.29, 0.717) is 55.1 Å². The van der Waals surface area contributed by atoms with Crippen molar-refractivity contribution in [2.24, 2.45) is 16.6 Å². The van der Waals surface area contributed by atoms with Crippen molar-refractivity contribution in [2.75, 3.05) is 23.0 Å². The van der Waals surface area contributed by atoms with E-state index in [0.717, 1.165) is 0 Å². The van der Waals surface area contributed by atoms with Gasteiger partial charge < -0.3 is 19.9 Å². The Morgan fingerprint density at radius 2 is 1.30 bits per heavy atom. The van der Waals surface area contributed by atoms with Gasteiger partial charge in [0, 0.05) is 11.8 Å². The highest BCUT2D eigenvalue weighted by Crippen LogP contribution is 2.24. The Labute approximate surface area is 185 Å². The van der Waals surface area contributed by atoms with Crippen molar-refractivity contribution in [3.63, 3.8) is 0 Å². The van der Waals surface area contributed by atoms with Crippen molar-refractivity contribution in [2.45, 2.75) is 59.8 Å². The zero-order valence-electron chi connectivity index (χ0n) is 18.2. The number of nitriles is 2. The molecule has 2 atom stereocenters. The topological polar surface area (TPSA) is 186 Å². The maximum Gasteiger partial charge on any atom is 0.309 e. The number of nitrogens with two attached hydrogens (primary N) is 1. The second-order valence-electron chi connectivity index (χ2n) is 8.02. The van der Waals surface area contributed by atoms with Gasteiger partial charge in [0.15, 0.2) is 12.4 Å². The Balaban J connectivity index is 0. The highest BCUT2D eigenvalue weighted by atomic mass is 32.2. The first-order valence-electron chi connectivity index (χ1n) is 9.56. The molecule has 11 heteroatoms. The van der Waals surface area contributed by atoms with E-state index in [9.17, 15) is 18.7 Å². The number of carbonyl (C=O) groups excluding carboxylic acids is 1. The van der Waals surface area contributed by atoms with Gasteiger partial charge in [-0.15, -0.1) is 0 Å². The average Bonchev–Trinajstić information content (AvgIpc) is 2.62. The number of hydrogen-bond acceptors (Lipinski definition) is 7. The van der Waals surface area contributed by atoms with Gasteiger partial charge in [0.05, 0.1) is 5.41 Å². The molecule has 172 valence electrons. The van der Waals surface area contributed by atoms with E-state index < -0.39 is 39.2 Å². The molecule has 0 radical (unpaired) electrons. The van der Waals surface area contributed by atoms with Crippen LogP contribution in [0.5, 0.6) is 0 Å². The van der Waals surface area contributed by atoms with Gasteiger partial charge in [-0.25, -0.2) is 0 Å². The third kappa shape index (κ3) is 15.2. The van der Waals surface area contributed by atoms with Crippen LogP contribution in [0.3, 0.4) is 0 Å². The van der Waals surface area contributed by atoms with E-state index in [1.807, 2.05) is 0 Å². The van der Waals surface area contributed by atoms with Crippen molar-refractivity contribution >= 4 is 34.2 Å². The number of hydrogen-bond donors (Lipinski definition) is 3. The van der Waals surface area contributed by atoms with Crippen LogP contribution in [0.25, 0.3) is 0 Å². The molecular formula is C19H34N4O5S2. The highest BCUT2D eigenvalue weighted by molar-refractivity contribution is 7.92. The molecule has 0 aromatic carbocycles. The van der Waals surface area contributed by atoms with Crippen LogP contribution in [0.4, 0.5) is 0 Å². The van der Waals surface area contributed by atoms with Gasteiger partial charge in [-0.3, -0.25) is 14.9 Å². The standard InChI is InChI=1S/C18H32N2O5S2.CH2N2/c1-17(2,15(21)20-14-19)8-5-10-26(24)12-7-13-27(25)11-6-9-18(3,4)16(22)23;2-1-3/h5-13H2,1-4H3,(H,20,21)(H,22,23);2H2. The normalized spacial score (nSPS) is 13.1. The zero-order chi connectivity index (χ0) is 23.8. The fourth-order valence-corrected chi connectivity index (χ4v) is 4.83. The minimum atomic E-state index is -1.02. The Kier molecular flexibility index (Phi) is 16.4. The van der Waals surface area contributed by atoms with Gasteiger partial charge in [0.1, 0.15) is 23.0 Å². The van der Waals surface area contributed by atoms with Gasteiger partial charge in [-0.1, -0.05) is 36.2 Å². The average molecular weight is 463 g/mol. The summed E-state index contributed by atoms with van der Waals surface area (Å²) >= 11 is -2.05. The first-order valence-corrected chi connectivity index (χ1v) is 12.5. The first-order chi connectivity index (χ1) is 13.8. The third-order valence-corrected chi connectivity index (χ3v) is 7.43. The van der Waals surface area contributed by atoms with Gasteiger partial charge >= 0.3 is 5.97 Å². The van der Waals surface area contributed by atoms with Gasteiger partial charge in [0.25, 0.3) is 0 Å². The minimum absolute atomic E-state index is 0.336. The van der Waals surface area contributed by atoms with Crippen molar-refractivity contribution in [1.29, 1.82) is 10.5 Å². The molecule has 0 aliphatic carbocycles. The number of carbonyl (C=O) groups is 2. The highest BCUT2D eigenvalue weighted by Gasteiger charge is 2.28. The molecule has 0 fully saturated rings. The van der Waals surface area contributed by atoms with Crippen LogP contribution in [-0.4, -0.2) is 49.1 Å². The number of nitrogens with one attached hydrogen (secondary N) is 1. The van der Waals surface area contributed by atoms with Crippen LogP contribution < -0.4 is 11.1 Å². The summed E-state index contributed by atoms with van der Waals surface area (Å²) in [6, 6.07) is 0. The smallest absolute Gasteiger partial charge is 0.309 e. The molecule has 0 aliphatic rings. The van der Waals surface area contributed by atoms with Crippen LogP contribution in [-0.2, 0) is 31.9 Å². The number of amides is 1. The molecule has 30 heavy (non-hydrogen) atoms. The van der Waals surface area contributed by atoms with Gasteiger partial charge in [0.2, 0.25) is 5.91 Å². The number of carboxylic acid groups (broad SMARTS) is 1. The molecule has 0 aromatic heterocycles. The van der Waals surface area contributed by atoms with Crippen molar-refractivity contribution in [1.82, 2.24) is 5.32 Å². The molecule has 0 aliphatic heterocycles. The summed E-state index contributed by atoms with van der Waals surface area (Å²) in [7, 11) is 0. The van der Waals surface area contributed by atoms with Crippen LogP contribution in [0, 0.1) is 33.7 Å². The van der Waals surface area contributed by atoms with E-state index >= 15 is 0 Å². The molecule has 0 saturated carbocycles. The van der Waals surface area contributed by atoms with Crippen molar-refractivity contribution in [3.8, 4) is 12.4 Å². The summed E-state index contributed by atoms with van der Waals surface area (Å²) in [4.78, 5) is 22.7. The van der Waals surface area contributed by atoms with Crippen LogP contribution >= 0.6 is 0 Å². The third-order valence-electron chi connectivity index (χ3n) is 4.45. The molecule has 0 saturated heterocycles. The minimum Gasteiger partial charge on any atom is -0.616 e. The summed E-state index contributed by atoms with van der Waals surface area (Å²) < 4.78 is 24.0. The van der Waals surface area contributed by atoms with E-state index in [1.54, 1.807) is 33.9 Å². The van der Waals surface area contributed by atoms with Crippen molar-refractivity contribution < 1.29 is 23.8 Å². The van der Waals surface area contributed by atoms with Crippen LogP contribution in [0.2, 0.25) is 0 Å². The fraction of sp³-hybridized carbons (Fsp3) is 0.789. The predicted octanol–water partition coefficient (Wildman–Crippen LogP) is 1.59. The van der Waals surface area contributed by atoms with E-state index in [-0.39, 0.29) is 5.91 Å². The molecule has 0 bridgehead atoms. The molecular weight excluding hydrogens is 428 g/mol. The van der Waals surface area contributed by atoms with Crippen LogP contribution in [0.1, 0.15) is 59.8 Å². The summed E-state index contributed by atoms with van der Waals surface area (Å²) in [6.07, 6.45) is 5.70. The number of nitrogens with zero attached hydrogens (tertiary/aromatic N) is 2. The zero-order valence-corrected chi connectivity index (χ0v) is 19.9. The summed E-state index contributed by atoms with van der Waals surface area (Å²) in [6.45, 7) is 6.81. The first kappa shape index (κ1) is 30.5. The molecule has 0 spiro atoms. The fourth-order valence-electron chi connectivity index (χ4n) is 2.38.